The molecule has 2 aromatic rings. The highest BCUT2D eigenvalue weighted by molar-refractivity contribution is 5.57. The van der Waals surface area contributed by atoms with E-state index < -0.39 is 0 Å². The van der Waals surface area contributed by atoms with E-state index in [1.807, 2.05) is 6.07 Å². The number of anilines is 1. The molecule has 0 unspecified atom stereocenters. The molecule has 3 nitrogen and oxygen atoms in total. The number of nitrogen functional groups attached to an aromatic ring is 1. The second kappa shape index (κ2) is 4.41. The van der Waals surface area contributed by atoms with E-state index in [0.29, 0.717) is 5.82 Å². The third-order valence-electron chi connectivity index (χ3n) is 3.38. The van der Waals surface area contributed by atoms with Gasteiger partial charge in [0.1, 0.15) is 5.82 Å². The van der Waals surface area contributed by atoms with Crippen LogP contribution in [0, 0.1) is 0 Å². The lowest BCUT2D eigenvalue weighted by atomic mass is 10.1. The molecule has 0 bridgehead atoms. The predicted molar refractivity (Wildman–Crippen MR) is 73.2 cm³/mol. The molecule has 0 spiro atoms. The Hall–Kier alpha value is -1.90. The van der Waals surface area contributed by atoms with Crippen LogP contribution in [0.25, 0.3) is 11.4 Å². The molecule has 1 aliphatic carbocycles. The Morgan fingerprint density at radius 3 is 2.50 bits per heavy atom. The van der Waals surface area contributed by atoms with E-state index in [2.05, 4.69) is 41.2 Å². The smallest absolute Gasteiger partial charge is 0.161 e. The summed E-state index contributed by atoms with van der Waals surface area (Å²) in [5.41, 5.74) is 9.27. The molecule has 18 heavy (non-hydrogen) atoms. The van der Waals surface area contributed by atoms with Gasteiger partial charge in [-0.1, -0.05) is 31.2 Å². The highest BCUT2D eigenvalue weighted by Gasteiger charge is 2.23. The Morgan fingerprint density at radius 1 is 1.17 bits per heavy atom. The van der Waals surface area contributed by atoms with Crippen LogP contribution in [0.2, 0.25) is 0 Å². The standard InChI is InChI=1S/C15H17N3/c1-2-13-9-14(16)18-15(17-13)12-7-5-11(6-8-12)10-3-4-10/h5-10H,2-4H2,1H3,(H2,16,17,18). The first-order valence-corrected chi connectivity index (χ1v) is 6.50. The normalized spacial score (nSPS) is 14.7. The summed E-state index contributed by atoms with van der Waals surface area (Å²) in [6, 6.07) is 10.4. The molecule has 3 rings (SSSR count). The number of aryl methyl sites for hydroxylation is 1. The fraction of sp³-hybridized carbons (Fsp3) is 0.333. The molecule has 0 radical (unpaired) electrons. The average Bonchev–Trinajstić information content (AvgIpc) is 3.22. The van der Waals surface area contributed by atoms with Crippen molar-refractivity contribution < 1.29 is 0 Å². The number of nitrogens with zero attached hydrogens (tertiary/aromatic N) is 2. The van der Waals surface area contributed by atoms with Crippen LogP contribution in [-0.2, 0) is 6.42 Å². The maximum atomic E-state index is 5.81. The minimum absolute atomic E-state index is 0.545. The van der Waals surface area contributed by atoms with Gasteiger partial charge < -0.3 is 5.73 Å². The van der Waals surface area contributed by atoms with Crippen LogP contribution in [0.4, 0.5) is 5.82 Å². The van der Waals surface area contributed by atoms with Gasteiger partial charge in [-0.2, -0.15) is 0 Å². The van der Waals surface area contributed by atoms with Crippen LogP contribution >= 0.6 is 0 Å². The van der Waals surface area contributed by atoms with Gasteiger partial charge in [-0.15, -0.1) is 0 Å². The summed E-state index contributed by atoms with van der Waals surface area (Å²) < 4.78 is 0. The van der Waals surface area contributed by atoms with Gasteiger partial charge in [0.25, 0.3) is 0 Å². The zero-order valence-electron chi connectivity index (χ0n) is 10.6. The minimum Gasteiger partial charge on any atom is -0.384 e. The topological polar surface area (TPSA) is 51.8 Å². The lowest BCUT2D eigenvalue weighted by Gasteiger charge is -2.05. The monoisotopic (exact) mass is 239 g/mol. The average molecular weight is 239 g/mol. The Bertz CT molecular complexity index is 556. The van der Waals surface area contributed by atoms with E-state index >= 15 is 0 Å². The van der Waals surface area contributed by atoms with Crippen LogP contribution in [0.3, 0.4) is 0 Å². The molecule has 1 aromatic carbocycles. The van der Waals surface area contributed by atoms with Crippen molar-refractivity contribution in [3.8, 4) is 11.4 Å². The van der Waals surface area contributed by atoms with Gasteiger partial charge in [0, 0.05) is 17.3 Å². The Labute approximate surface area is 107 Å². The van der Waals surface area contributed by atoms with Crippen molar-refractivity contribution in [2.24, 2.45) is 0 Å². The summed E-state index contributed by atoms with van der Waals surface area (Å²) in [4.78, 5) is 8.83. The molecule has 1 aromatic heterocycles. The molecule has 3 heteroatoms. The highest BCUT2D eigenvalue weighted by atomic mass is 14.9. The quantitative estimate of drug-likeness (QED) is 0.895. The lowest BCUT2D eigenvalue weighted by Crippen LogP contribution is -1.99. The van der Waals surface area contributed by atoms with Gasteiger partial charge in [-0.3, -0.25) is 0 Å². The number of aromatic nitrogens is 2. The molecule has 0 aliphatic heterocycles. The van der Waals surface area contributed by atoms with Gasteiger partial charge in [0.15, 0.2) is 5.82 Å². The van der Waals surface area contributed by atoms with Crippen molar-refractivity contribution in [2.45, 2.75) is 32.1 Å². The first-order chi connectivity index (χ1) is 8.76. The molecule has 0 atom stereocenters. The van der Waals surface area contributed by atoms with Crippen molar-refractivity contribution in [3.05, 3.63) is 41.6 Å². The van der Waals surface area contributed by atoms with Crippen LogP contribution in [0.15, 0.2) is 30.3 Å². The molecule has 2 N–H and O–H groups in total. The first kappa shape index (κ1) is 11.2. The highest BCUT2D eigenvalue weighted by Crippen LogP contribution is 2.40. The number of hydrogen-bond acceptors (Lipinski definition) is 3. The predicted octanol–water partition coefficient (Wildman–Crippen LogP) is 3.17. The van der Waals surface area contributed by atoms with Gasteiger partial charge in [0.2, 0.25) is 0 Å². The second-order valence-electron chi connectivity index (χ2n) is 4.86. The van der Waals surface area contributed by atoms with Gasteiger partial charge in [-0.25, -0.2) is 9.97 Å². The SMILES string of the molecule is CCc1cc(N)nc(-c2ccc(C3CC3)cc2)n1. The van der Waals surface area contributed by atoms with Crippen molar-refractivity contribution in [3.63, 3.8) is 0 Å². The van der Waals surface area contributed by atoms with Crippen molar-refractivity contribution in [2.75, 3.05) is 5.73 Å². The van der Waals surface area contributed by atoms with Gasteiger partial charge in [-0.05, 0) is 30.7 Å². The number of benzene rings is 1. The zero-order chi connectivity index (χ0) is 12.5. The van der Waals surface area contributed by atoms with E-state index in [4.69, 9.17) is 5.73 Å². The van der Waals surface area contributed by atoms with E-state index in [1.54, 1.807) is 0 Å². The van der Waals surface area contributed by atoms with Gasteiger partial charge in [0.05, 0.1) is 0 Å². The van der Waals surface area contributed by atoms with Crippen molar-refractivity contribution in [1.82, 2.24) is 9.97 Å². The summed E-state index contributed by atoms with van der Waals surface area (Å²) >= 11 is 0. The molecule has 92 valence electrons. The number of nitrogens with two attached hydrogens (primary N) is 1. The second-order valence-corrected chi connectivity index (χ2v) is 4.86. The molecule has 1 fully saturated rings. The summed E-state index contributed by atoms with van der Waals surface area (Å²) in [5.74, 6) is 2.06. The minimum atomic E-state index is 0.545. The molecule has 1 saturated carbocycles. The van der Waals surface area contributed by atoms with E-state index in [1.165, 1.54) is 18.4 Å². The van der Waals surface area contributed by atoms with Crippen LogP contribution in [-0.4, -0.2) is 9.97 Å². The molecular formula is C15H17N3. The van der Waals surface area contributed by atoms with Crippen molar-refractivity contribution in [1.29, 1.82) is 0 Å². The summed E-state index contributed by atoms with van der Waals surface area (Å²) in [6.45, 7) is 2.07. The van der Waals surface area contributed by atoms with E-state index in [9.17, 15) is 0 Å². The van der Waals surface area contributed by atoms with E-state index in [0.717, 1.165) is 29.4 Å². The maximum absolute atomic E-state index is 5.81. The third kappa shape index (κ3) is 2.21. The Balaban J connectivity index is 1.95. The zero-order valence-corrected chi connectivity index (χ0v) is 10.6. The number of hydrogen-bond donors (Lipinski definition) is 1. The Kier molecular flexibility index (Phi) is 2.74. The molecule has 0 amide bonds. The van der Waals surface area contributed by atoms with Crippen LogP contribution in [0.5, 0.6) is 0 Å². The summed E-state index contributed by atoms with van der Waals surface area (Å²) in [7, 11) is 0. The summed E-state index contributed by atoms with van der Waals surface area (Å²) in [6.07, 6.45) is 3.53. The fourth-order valence-corrected chi connectivity index (χ4v) is 2.15. The van der Waals surface area contributed by atoms with Crippen LogP contribution in [0.1, 0.15) is 36.9 Å². The largest absolute Gasteiger partial charge is 0.384 e. The maximum Gasteiger partial charge on any atom is 0.161 e. The molecule has 1 aliphatic rings. The van der Waals surface area contributed by atoms with Gasteiger partial charge >= 0.3 is 0 Å². The fourth-order valence-electron chi connectivity index (χ4n) is 2.15. The third-order valence-corrected chi connectivity index (χ3v) is 3.38. The first-order valence-electron chi connectivity index (χ1n) is 6.50. The lowest BCUT2D eigenvalue weighted by molar-refractivity contribution is 1.01. The molecule has 0 saturated heterocycles. The molecule has 1 heterocycles. The summed E-state index contributed by atoms with van der Waals surface area (Å²) in [5, 5.41) is 0. The number of rotatable bonds is 3. The van der Waals surface area contributed by atoms with Crippen LogP contribution < -0.4 is 5.73 Å². The van der Waals surface area contributed by atoms with Crippen molar-refractivity contribution >= 4 is 5.82 Å². The Morgan fingerprint density at radius 2 is 1.89 bits per heavy atom. The molecular weight excluding hydrogens is 222 g/mol. The van der Waals surface area contributed by atoms with E-state index in [-0.39, 0.29) is 0 Å².